The van der Waals surface area contributed by atoms with Gasteiger partial charge in [0, 0.05) is 0 Å². The van der Waals surface area contributed by atoms with Crippen LogP contribution in [0.15, 0.2) is 0 Å². The number of carbonyl (C=O) groups is 2. The van der Waals surface area contributed by atoms with Crippen molar-refractivity contribution in [3.05, 3.63) is 0 Å². The Labute approximate surface area is 160 Å². The van der Waals surface area contributed by atoms with Crippen molar-refractivity contribution in [1.82, 2.24) is 9.80 Å². The Morgan fingerprint density at radius 3 is 1.04 bits per heavy atom. The third-order valence-corrected chi connectivity index (χ3v) is 5.66. The number of carbonyl (C=O) groups excluding carboxylic acids is 2. The number of nitrogens with zero attached hydrogens (tertiary/aromatic N) is 2. The van der Waals surface area contributed by atoms with Gasteiger partial charge in [-0.15, -0.1) is 0 Å². The van der Waals surface area contributed by atoms with Crippen LogP contribution in [0.1, 0.15) is 34.1 Å². The molecule has 0 aromatic rings. The molecule has 4 fully saturated rings. The summed E-state index contributed by atoms with van der Waals surface area (Å²) in [5, 5.41) is 0. The molecule has 0 aromatic carbocycles. The van der Waals surface area contributed by atoms with E-state index in [9.17, 15) is 9.59 Å². The molecule has 4 saturated heterocycles. The van der Waals surface area contributed by atoms with Gasteiger partial charge in [-0.1, -0.05) is 0 Å². The zero-order chi connectivity index (χ0) is 19.5. The molecule has 8 nitrogen and oxygen atoms in total. The summed E-state index contributed by atoms with van der Waals surface area (Å²) in [6, 6.07) is 0. The van der Waals surface area contributed by atoms with Crippen LogP contribution in [0.4, 0.5) is 0 Å². The van der Waals surface area contributed by atoms with Gasteiger partial charge in [-0.3, -0.25) is 9.59 Å². The van der Waals surface area contributed by atoms with E-state index >= 15 is 0 Å². The Balaban J connectivity index is 1.38. The predicted molar refractivity (Wildman–Crippen MR) is 95.2 cm³/mol. The van der Waals surface area contributed by atoms with Gasteiger partial charge in [0.15, 0.2) is 0 Å². The summed E-state index contributed by atoms with van der Waals surface area (Å²) in [6.45, 7) is 12.4. The summed E-state index contributed by atoms with van der Waals surface area (Å²) in [5.41, 5.74) is -1.19. The summed E-state index contributed by atoms with van der Waals surface area (Å²) < 4.78 is 21.8. The van der Waals surface area contributed by atoms with Gasteiger partial charge in [0.2, 0.25) is 11.8 Å². The number of rotatable bonds is 10. The molecule has 4 aliphatic rings. The minimum Gasteiger partial charge on any atom is -0.368 e. The van der Waals surface area contributed by atoms with Crippen LogP contribution < -0.4 is 0 Å². The molecule has 4 atom stereocenters. The quantitative estimate of drug-likeness (QED) is 0.396. The number of hydrogen-bond acceptors (Lipinski definition) is 6. The van der Waals surface area contributed by atoms with Gasteiger partial charge >= 0.3 is 0 Å². The highest BCUT2D eigenvalue weighted by atomic mass is 16.6. The highest BCUT2D eigenvalue weighted by molar-refractivity contribution is 5.97. The second-order valence-corrected chi connectivity index (χ2v) is 9.63. The van der Waals surface area contributed by atoms with Crippen molar-refractivity contribution < 1.29 is 28.5 Å². The van der Waals surface area contributed by atoms with Crippen LogP contribution in [-0.2, 0) is 28.5 Å². The molecule has 2 amide bonds. The average molecular weight is 382 g/mol. The normalized spacial score (nSPS) is 41.0. The van der Waals surface area contributed by atoms with E-state index in [0.29, 0.717) is 52.6 Å². The zero-order valence-electron chi connectivity index (χ0n) is 16.7. The largest absolute Gasteiger partial charge is 0.368 e. The average Bonchev–Trinajstić information content (AvgIpc) is 3.37. The molecule has 4 heterocycles. The Kier molecular flexibility index (Phi) is 4.34. The molecule has 0 N–H and O–H groups in total. The van der Waals surface area contributed by atoms with Crippen molar-refractivity contribution in [3.63, 3.8) is 0 Å². The molecule has 4 aliphatic heterocycles. The maximum Gasteiger partial charge on any atom is 0.232 e. The van der Waals surface area contributed by atoms with Crippen LogP contribution in [0.5, 0.6) is 0 Å². The van der Waals surface area contributed by atoms with Crippen LogP contribution in [-0.4, -0.2) is 96.6 Å². The van der Waals surface area contributed by atoms with E-state index < -0.39 is 0 Å². The van der Waals surface area contributed by atoms with E-state index in [1.807, 2.05) is 27.7 Å². The highest BCUT2D eigenvalue weighted by Gasteiger charge is 2.49. The van der Waals surface area contributed by atoms with Crippen molar-refractivity contribution in [3.8, 4) is 0 Å². The van der Waals surface area contributed by atoms with Crippen molar-refractivity contribution in [2.75, 3.05) is 52.6 Å². The monoisotopic (exact) mass is 382 g/mol. The highest BCUT2D eigenvalue weighted by Crippen LogP contribution is 2.33. The van der Waals surface area contributed by atoms with Gasteiger partial charge in [-0.2, -0.15) is 0 Å². The van der Waals surface area contributed by atoms with Crippen molar-refractivity contribution in [2.45, 2.75) is 56.5 Å². The van der Waals surface area contributed by atoms with E-state index in [1.165, 1.54) is 0 Å². The molecule has 0 aliphatic carbocycles. The lowest BCUT2D eigenvalue weighted by Crippen LogP contribution is -2.47. The van der Waals surface area contributed by atoms with Crippen LogP contribution in [0.3, 0.4) is 0 Å². The first-order valence-electron chi connectivity index (χ1n) is 9.63. The van der Waals surface area contributed by atoms with Gasteiger partial charge in [0.25, 0.3) is 0 Å². The molecule has 0 saturated carbocycles. The molecule has 8 heteroatoms. The lowest BCUT2D eigenvalue weighted by molar-refractivity contribution is -0.142. The summed E-state index contributed by atoms with van der Waals surface area (Å²) in [6.07, 6.45) is -0.154. The third-order valence-electron chi connectivity index (χ3n) is 5.66. The standard InChI is InChI=1S/C19H30N2O6/c1-16(10-24-16)6-20(7-17(2)11-25-17)14(22)5-15(23)21(8-18(3)12-26-18)9-19(4)13-27-19/h5-13H2,1-4H3. The fourth-order valence-corrected chi connectivity index (χ4v) is 3.29. The van der Waals surface area contributed by atoms with Gasteiger partial charge in [-0.05, 0) is 27.7 Å². The Morgan fingerprint density at radius 1 is 0.630 bits per heavy atom. The maximum absolute atomic E-state index is 12.9. The van der Waals surface area contributed by atoms with E-state index in [4.69, 9.17) is 18.9 Å². The number of ether oxygens (including phenoxy) is 4. The zero-order valence-corrected chi connectivity index (χ0v) is 16.7. The van der Waals surface area contributed by atoms with Crippen molar-refractivity contribution in [2.24, 2.45) is 0 Å². The molecule has 0 spiro atoms. The topological polar surface area (TPSA) is 90.7 Å². The minimum atomic E-state index is -0.297. The first-order valence-corrected chi connectivity index (χ1v) is 9.63. The fourth-order valence-electron chi connectivity index (χ4n) is 3.29. The maximum atomic E-state index is 12.9. The summed E-state index contributed by atoms with van der Waals surface area (Å²) >= 11 is 0. The van der Waals surface area contributed by atoms with Crippen LogP contribution in [0.25, 0.3) is 0 Å². The van der Waals surface area contributed by atoms with Gasteiger partial charge in [-0.25, -0.2) is 0 Å². The first kappa shape index (κ1) is 19.1. The van der Waals surface area contributed by atoms with Crippen molar-refractivity contribution >= 4 is 11.8 Å². The second-order valence-electron chi connectivity index (χ2n) is 9.63. The van der Waals surface area contributed by atoms with Crippen LogP contribution in [0.2, 0.25) is 0 Å². The van der Waals surface area contributed by atoms with E-state index in [-0.39, 0.29) is 40.6 Å². The van der Waals surface area contributed by atoms with Crippen molar-refractivity contribution in [1.29, 1.82) is 0 Å². The third kappa shape index (κ3) is 4.99. The van der Waals surface area contributed by atoms with Crippen LogP contribution >= 0.6 is 0 Å². The fraction of sp³-hybridized carbons (Fsp3) is 0.895. The van der Waals surface area contributed by atoms with Gasteiger partial charge in [0.1, 0.15) is 28.8 Å². The molecule has 0 bridgehead atoms. The summed E-state index contributed by atoms with van der Waals surface area (Å²) in [7, 11) is 0. The Bertz CT molecular complexity index is 540. The predicted octanol–water partition coefficient (Wildman–Crippen LogP) is 0.189. The summed E-state index contributed by atoms with van der Waals surface area (Å²) in [4.78, 5) is 29.3. The minimum absolute atomic E-state index is 0.154. The van der Waals surface area contributed by atoms with E-state index in [2.05, 4.69) is 0 Å². The summed E-state index contributed by atoms with van der Waals surface area (Å²) in [5.74, 6) is -0.357. The van der Waals surface area contributed by atoms with E-state index in [0.717, 1.165) is 0 Å². The molecule has 152 valence electrons. The van der Waals surface area contributed by atoms with Gasteiger partial charge in [0.05, 0.1) is 52.6 Å². The molecular weight excluding hydrogens is 352 g/mol. The molecule has 4 rings (SSSR count). The molecule has 0 radical (unpaired) electrons. The number of epoxide rings is 4. The van der Waals surface area contributed by atoms with Crippen LogP contribution in [0, 0.1) is 0 Å². The van der Waals surface area contributed by atoms with E-state index in [1.54, 1.807) is 9.80 Å². The number of hydrogen-bond donors (Lipinski definition) is 0. The molecule has 4 unspecified atom stereocenters. The lowest BCUT2D eigenvalue weighted by Gasteiger charge is -2.29. The molecule has 27 heavy (non-hydrogen) atoms. The molecule has 0 aromatic heterocycles. The Hall–Kier alpha value is -1.22. The SMILES string of the molecule is CC1(CN(CC2(C)CO2)C(=O)CC(=O)N(CC2(C)CO2)CC2(C)CO2)CO1. The molecular formula is C19H30N2O6. The van der Waals surface area contributed by atoms with Gasteiger partial charge < -0.3 is 28.7 Å². The lowest BCUT2D eigenvalue weighted by atomic mass is 10.1. The Morgan fingerprint density at radius 2 is 0.852 bits per heavy atom. The smallest absolute Gasteiger partial charge is 0.232 e. The first-order chi connectivity index (χ1) is 12.5. The number of amides is 2. The second kappa shape index (κ2) is 6.14.